The van der Waals surface area contributed by atoms with Crippen molar-refractivity contribution in [2.75, 3.05) is 12.3 Å². The Morgan fingerprint density at radius 3 is 2.69 bits per heavy atom. The standard InChI is InChI=1S/C18H23N5O3/c1-12(2)25-10-14(24)8-23-11-20-15-16(23)21-18(19)22-17(15)26-9-13-6-4-3-5-7-13/h3-7,11-12,14,24H,8-10H2,1-2H3,(H2,19,21,22). The second kappa shape index (κ2) is 8.11. The third kappa shape index (κ3) is 4.47. The summed E-state index contributed by atoms with van der Waals surface area (Å²) < 4.78 is 12.9. The number of aliphatic hydroxyl groups is 1. The quantitative estimate of drug-likeness (QED) is 0.632. The number of hydrogen-bond donors (Lipinski definition) is 2. The van der Waals surface area contributed by atoms with Gasteiger partial charge in [-0.3, -0.25) is 0 Å². The van der Waals surface area contributed by atoms with Gasteiger partial charge in [0.15, 0.2) is 11.2 Å². The molecule has 0 aliphatic rings. The van der Waals surface area contributed by atoms with E-state index < -0.39 is 6.10 Å². The first kappa shape index (κ1) is 18.1. The zero-order valence-corrected chi connectivity index (χ0v) is 14.9. The topological polar surface area (TPSA) is 108 Å². The average Bonchev–Trinajstić information content (AvgIpc) is 3.01. The first-order valence-electron chi connectivity index (χ1n) is 8.47. The van der Waals surface area contributed by atoms with Crippen LogP contribution in [0.3, 0.4) is 0 Å². The molecule has 0 aliphatic carbocycles. The summed E-state index contributed by atoms with van der Waals surface area (Å²) in [5, 5.41) is 10.1. The van der Waals surface area contributed by atoms with E-state index in [1.165, 1.54) is 0 Å². The molecule has 1 aromatic carbocycles. The zero-order chi connectivity index (χ0) is 18.5. The van der Waals surface area contributed by atoms with Gasteiger partial charge in [-0.05, 0) is 19.4 Å². The maximum atomic E-state index is 10.1. The van der Waals surface area contributed by atoms with Crippen LogP contribution >= 0.6 is 0 Å². The Kier molecular flexibility index (Phi) is 5.65. The van der Waals surface area contributed by atoms with Crippen molar-refractivity contribution in [1.82, 2.24) is 19.5 Å². The highest BCUT2D eigenvalue weighted by Gasteiger charge is 2.16. The fourth-order valence-corrected chi connectivity index (χ4v) is 2.48. The third-order valence-electron chi connectivity index (χ3n) is 3.70. The fourth-order valence-electron chi connectivity index (χ4n) is 2.48. The number of hydrogen-bond acceptors (Lipinski definition) is 7. The van der Waals surface area contributed by atoms with Crippen LogP contribution in [0.5, 0.6) is 5.88 Å². The molecule has 0 bridgehead atoms. The summed E-state index contributed by atoms with van der Waals surface area (Å²) in [4.78, 5) is 12.7. The molecule has 1 atom stereocenters. The van der Waals surface area contributed by atoms with Crippen molar-refractivity contribution in [3.05, 3.63) is 42.2 Å². The van der Waals surface area contributed by atoms with Gasteiger partial charge in [0.25, 0.3) is 0 Å². The van der Waals surface area contributed by atoms with E-state index in [2.05, 4.69) is 15.0 Å². The lowest BCUT2D eigenvalue weighted by atomic mass is 10.2. The van der Waals surface area contributed by atoms with Crippen molar-refractivity contribution in [3.63, 3.8) is 0 Å². The monoisotopic (exact) mass is 357 g/mol. The highest BCUT2D eigenvalue weighted by Crippen LogP contribution is 2.23. The number of aliphatic hydroxyl groups excluding tert-OH is 1. The van der Waals surface area contributed by atoms with Crippen LogP contribution in [-0.4, -0.2) is 43.4 Å². The summed E-state index contributed by atoms with van der Waals surface area (Å²) in [6, 6.07) is 9.76. The number of imidazole rings is 1. The number of ether oxygens (including phenoxy) is 2. The number of benzene rings is 1. The van der Waals surface area contributed by atoms with Crippen molar-refractivity contribution in [3.8, 4) is 5.88 Å². The van der Waals surface area contributed by atoms with Crippen LogP contribution in [0.2, 0.25) is 0 Å². The fraction of sp³-hybridized carbons (Fsp3) is 0.389. The first-order valence-corrected chi connectivity index (χ1v) is 8.47. The molecule has 0 amide bonds. The number of anilines is 1. The van der Waals surface area contributed by atoms with Crippen LogP contribution in [0, 0.1) is 0 Å². The highest BCUT2D eigenvalue weighted by atomic mass is 16.5. The predicted molar refractivity (Wildman–Crippen MR) is 97.6 cm³/mol. The number of nitrogens with two attached hydrogens (primary N) is 1. The lowest BCUT2D eigenvalue weighted by Gasteiger charge is -2.14. The van der Waals surface area contributed by atoms with E-state index in [1.54, 1.807) is 10.9 Å². The largest absolute Gasteiger partial charge is 0.471 e. The minimum absolute atomic E-state index is 0.0557. The molecule has 8 heteroatoms. The van der Waals surface area contributed by atoms with E-state index in [1.807, 2.05) is 44.2 Å². The van der Waals surface area contributed by atoms with Gasteiger partial charge < -0.3 is 24.9 Å². The van der Waals surface area contributed by atoms with Gasteiger partial charge in [0.1, 0.15) is 6.61 Å². The van der Waals surface area contributed by atoms with Gasteiger partial charge in [0.2, 0.25) is 11.8 Å². The molecule has 0 spiro atoms. The SMILES string of the molecule is CC(C)OCC(O)Cn1cnc2c(OCc3ccccc3)nc(N)nc21. The van der Waals surface area contributed by atoms with E-state index in [0.29, 0.717) is 23.7 Å². The van der Waals surface area contributed by atoms with E-state index in [-0.39, 0.29) is 25.2 Å². The number of nitrogens with zero attached hydrogens (tertiary/aromatic N) is 4. The van der Waals surface area contributed by atoms with Crippen molar-refractivity contribution < 1.29 is 14.6 Å². The molecule has 0 aliphatic heterocycles. The Hall–Kier alpha value is -2.71. The lowest BCUT2D eigenvalue weighted by Crippen LogP contribution is -2.23. The summed E-state index contributed by atoms with van der Waals surface area (Å²) >= 11 is 0. The third-order valence-corrected chi connectivity index (χ3v) is 3.70. The molecule has 8 nitrogen and oxygen atoms in total. The van der Waals surface area contributed by atoms with Crippen LogP contribution in [0.25, 0.3) is 11.2 Å². The minimum atomic E-state index is -0.681. The van der Waals surface area contributed by atoms with Gasteiger partial charge in [-0.15, -0.1) is 0 Å². The second-order valence-electron chi connectivity index (χ2n) is 6.27. The van der Waals surface area contributed by atoms with Gasteiger partial charge >= 0.3 is 0 Å². The van der Waals surface area contributed by atoms with E-state index in [4.69, 9.17) is 15.2 Å². The minimum Gasteiger partial charge on any atom is -0.471 e. The Labute approximate surface area is 151 Å². The smallest absolute Gasteiger partial charge is 0.247 e. The molecule has 1 unspecified atom stereocenters. The van der Waals surface area contributed by atoms with Gasteiger partial charge in [-0.2, -0.15) is 9.97 Å². The summed E-state index contributed by atoms with van der Waals surface area (Å²) in [6.45, 7) is 4.71. The Balaban J connectivity index is 1.77. The number of aromatic nitrogens is 4. The lowest BCUT2D eigenvalue weighted by molar-refractivity contribution is -0.000342. The zero-order valence-electron chi connectivity index (χ0n) is 14.9. The van der Waals surface area contributed by atoms with E-state index >= 15 is 0 Å². The highest BCUT2D eigenvalue weighted by molar-refractivity contribution is 5.77. The summed E-state index contributed by atoms with van der Waals surface area (Å²) in [7, 11) is 0. The summed E-state index contributed by atoms with van der Waals surface area (Å²) in [5.41, 5.74) is 7.86. The molecule has 3 N–H and O–H groups in total. The van der Waals surface area contributed by atoms with Crippen LogP contribution < -0.4 is 10.5 Å². The van der Waals surface area contributed by atoms with Crippen LogP contribution in [0.1, 0.15) is 19.4 Å². The molecular weight excluding hydrogens is 334 g/mol. The van der Waals surface area contributed by atoms with Gasteiger partial charge in [0.05, 0.1) is 31.7 Å². The normalized spacial score (nSPS) is 12.6. The molecule has 0 saturated heterocycles. The Morgan fingerprint density at radius 2 is 1.96 bits per heavy atom. The average molecular weight is 357 g/mol. The second-order valence-corrected chi connectivity index (χ2v) is 6.27. The molecule has 26 heavy (non-hydrogen) atoms. The van der Waals surface area contributed by atoms with Crippen molar-refractivity contribution in [2.45, 2.75) is 39.2 Å². The van der Waals surface area contributed by atoms with Gasteiger partial charge in [-0.1, -0.05) is 30.3 Å². The van der Waals surface area contributed by atoms with Gasteiger partial charge in [0, 0.05) is 0 Å². The number of fused-ring (bicyclic) bond motifs is 1. The van der Waals surface area contributed by atoms with E-state index in [0.717, 1.165) is 5.56 Å². The summed E-state index contributed by atoms with van der Waals surface area (Å²) in [6.07, 6.45) is 0.965. The molecule has 0 radical (unpaired) electrons. The van der Waals surface area contributed by atoms with Crippen molar-refractivity contribution in [2.24, 2.45) is 0 Å². The molecular formula is C18H23N5O3. The molecule has 0 fully saturated rings. The molecule has 2 aromatic heterocycles. The molecule has 0 saturated carbocycles. The molecule has 2 heterocycles. The maximum absolute atomic E-state index is 10.1. The van der Waals surface area contributed by atoms with Gasteiger partial charge in [-0.25, -0.2) is 4.98 Å². The summed E-state index contributed by atoms with van der Waals surface area (Å²) in [5.74, 6) is 0.415. The predicted octanol–water partition coefficient (Wildman–Crippen LogP) is 1.77. The van der Waals surface area contributed by atoms with Crippen molar-refractivity contribution >= 4 is 17.1 Å². The van der Waals surface area contributed by atoms with E-state index in [9.17, 15) is 5.11 Å². The van der Waals surface area contributed by atoms with Crippen LogP contribution in [-0.2, 0) is 17.9 Å². The van der Waals surface area contributed by atoms with Crippen LogP contribution in [0.15, 0.2) is 36.7 Å². The van der Waals surface area contributed by atoms with Crippen LogP contribution in [0.4, 0.5) is 5.95 Å². The molecule has 138 valence electrons. The Bertz CT molecular complexity index is 851. The number of rotatable bonds is 8. The molecule has 3 aromatic rings. The maximum Gasteiger partial charge on any atom is 0.247 e. The first-order chi connectivity index (χ1) is 12.5. The number of nitrogen functional groups attached to an aromatic ring is 1. The Morgan fingerprint density at radius 1 is 1.19 bits per heavy atom. The van der Waals surface area contributed by atoms with Crippen molar-refractivity contribution in [1.29, 1.82) is 0 Å². The molecule has 3 rings (SSSR count).